The number of hydrogen-bond acceptors (Lipinski definition) is 0. The molecule has 16 heavy (non-hydrogen) atoms. The van der Waals surface area contributed by atoms with Gasteiger partial charge in [0.1, 0.15) is 0 Å². The molecule has 0 saturated carbocycles. The molecular formula is C16H32. The van der Waals surface area contributed by atoms with Gasteiger partial charge in [0.25, 0.3) is 0 Å². The summed E-state index contributed by atoms with van der Waals surface area (Å²) in [5, 5.41) is 0. The Bertz CT molecular complexity index is 146. The van der Waals surface area contributed by atoms with Gasteiger partial charge >= 0.3 is 0 Å². The fraction of sp³-hybridized carbons (Fsp3) is 0.875. The van der Waals surface area contributed by atoms with Crippen LogP contribution in [0.4, 0.5) is 0 Å². The number of allylic oxidation sites excluding steroid dienone is 2. The van der Waals surface area contributed by atoms with Gasteiger partial charge in [-0.15, -0.1) is 0 Å². The van der Waals surface area contributed by atoms with Gasteiger partial charge in [0.05, 0.1) is 0 Å². The summed E-state index contributed by atoms with van der Waals surface area (Å²) in [7, 11) is 0. The summed E-state index contributed by atoms with van der Waals surface area (Å²) in [6.07, 6.45) is 18.5. The van der Waals surface area contributed by atoms with Crippen molar-refractivity contribution < 1.29 is 0 Å². The van der Waals surface area contributed by atoms with Gasteiger partial charge in [-0.05, 0) is 25.2 Å². The van der Waals surface area contributed by atoms with E-state index in [2.05, 4.69) is 32.9 Å². The van der Waals surface area contributed by atoms with Crippen LogP contribution >= 0.6 is 0 Å². The van der Waals surface area contributed by atoms with Crippen molar-refractivity contribution in [3.63, 3.8) is 0 Å². The standard InChI is InChI=1S/C16H32/c1-4-6-8-10-12-14-16(3)15-13-11-9-7-5-2/h8,10,16H,4-7,9,11-15H2,1-3H3/b10-8+. The smallest absolute Gasteiger partial charge is 0.0348 e. The van der Waals surface area contributed by atoms with E-state index in [1.165, 1.54) is 64.2 Å². The van der Waals surface area contributed by atoms with Crippen LogP contribution in [0.3, 0.4) is 0 Å². The highest BCUT2D eigenvalue weighted by atomic mass is 14.1. The second-order valence-electron chi connectivity index (χ2n) is 5.15. The van der Waals surface area contributed by atoms with Crippen LogP contribution < -0.4 is 0 Å². The van der Waals surface area contributed by atoms with Crippen molar-refractivity contribution in [2.45, 2.75) is 85.0 Å². The Balaban J connectivity index is 3.21. The van der Waals surface area contributed by atoms with Gasteiger partial charge < -0.3 is 0 Å². The van der Waals surface area contributed by atoms with Gasteiger partial charge in [0, 0.05) is 0 Å². The van der Waals surface area contributed by atoms with Crippen molar-refractivity contribution in [1.82, 2.24) is 0 Å². The minimum atomic E-state index is 0.924. The Hall–Kier alpha value is -0.260. The molecule has 1 atom stereocenters. The van der Waals surface area contributed by atoms with E-state index in [-0.39, 0.29) is 0 Å². The first-order valence-corrected chi connectivity index (χ1v) is 7.46. The lowest BCUT2D eigenvalue weighted by Gasteiger charge is -2.09. The third kappa shape index (κ3) is 11.8. The average Bonchev–Trinajstić information content (AvgIpc) is 2.28. The molecule has 0 aromatic carbocycles. The molecule has 0 saturated heterocycles. The quantitative estimate of drug-likeness (QED) is 0.293. The highest BCUT2D eigenvalue weighted by Gasteiger charge is 2.00. The van der Waals surface area contributed by atoms with E-state index < -0.39 is 0 Å². The second kappa shape index (κ2) is 12.8. The minimum Gasteiger partial charge on any atom is -0.0885 e. The Morgan fingerprint density at radius 1 is 0.750 bits per heavy atom. The van der Waals surface area contributed by atoms with Crippen LogP contribution in [0.5, 0.6) is 0 Å². The Kier molecular flexibility index (Phi) is 12.6. The first kappa shape index (κ1) is 15.7. The number of unbranched alkanes of at least 4 members (excludes halogenated alkanes) is 5. The average molecular weight is 224 g/mol. The van der Waals surface area contributed by atoms with E-state index in [9.17, 15) is 0 Å². The maximum atomic E-state index is 2.41. The van der Waals surface area contributed by atoms with Gasteiger partial charge in [-0.2, -0.15) is 0 Å². The molecule has 0 aliphatic carbocycles. The Labute approximate surface area is 104 Å². The fourth-order valence-corrected chi connectivity index (χ4v) is 2.02. The molecule has 0 heterocycles. The van der Waals surface area contributed by atoms with Gasteiger partial charge in [0.2, 0.25) is 0 Å². The molecule has 0 aromatic heterocycles. The lowest BCUT2D eigenvalue weighted by molar-refractivity contribution is 0.460. The van der Waals surface area contributed by atoms with E-state index in [0.29, 0.717) is 0 Å². The van der Waals surface area contributed by atoms with Gasteiger partial charge in [0.15, 0.2) is 0 Å². The van der Waals surface area contributed by atoms with Crippen LogP contribution in [0.1, 0.15) is 85.0 Å². The molecule has 0 nitrogen and oxygen atoms in total. The molecule has 0 N–H and O–H groups in total. The third-order valence-electron chi connectivity index (χ3n) is 3.25. The molecule has 0 heteroatoms. The molecule has 0 radical (unpaired) electrons. The van der Waals surface area contributed by atoms with Crippen molar-refractivity contribution in [2.75, 3.05) is 0 Å². The fourth-order valence-electron chi connectivity index (χ4n) is 2.02. The van der Waals surface area contributed by atoms with E-state index in [1.807, 2.05) is 0 Å². The van der Waals surface area contributed by atoms with E-state index >= 15 is 0 Å². The zero-order chi connectivity index (χ0) is 12.1. The summed E-state index contributed by atoms with van der Waals surface area (Å²) >= 11 is 0. The van der Waals surface area contributed by atoms with E-state index in [1.54, 1.807) is 0 Å². The molecule has 0 rings (SSSR count). The molecule has 0 aliphatic rings. The van der Waals surface area contributed by atoms with Crippen LogP contribution in [-0.2, 0) is 0 Å². The van der Waals surface area contributed by atoms with Crippen molar-refractivity contribution in [1.29, 1.82) is 0 Å². The van der Waals surface area contributed by atoms with Crippen LogP contribution in [0.2, 0.25) is 0 Å². The van der Waals surface area contributed by atoms with Crippen LogP contribution in [-0.4, -0.2) is 0 Å². The summed E-state index contributed by atoms with van der Waals surface area (Å²) in [6, 6.07) is 0. The zero-order valence-electron chi connectivity index (χ0n) is 11.8. The predicted molar refractivity (Wildman–Crippen MR) is 75.8 cm³/mol. The van der Waals surface area contributed by atoms with Crippen molar-refractivity contribution in [3.8, 4) is 0 Å². The van der Waals surface area contributed by atoms with Crippen molar-refractivity contribution in [2.24, 2.45) is 5.92 Å². The molecular weight excluding hydrogens is 192 g/mol. The molecule has 0 aliphatic heterocycles. The Morgan fingerprint density at radius 3 is 2.12 bits per heavy atom. The molecule has 96 valence electrons. The molecule has 0 fully saturated rings. The summed E-state index contributed by atoms with van der Waals surface area (Å²) in [4.78, 5) is 0. The highest BCUT2D eigenvalue weighted by molar-refractivity contribution is 4.81. The molecule has 0 amide bonds. The maximum Gasteiger partial charge on any atom is -0.0348 e. The van der Waals surface area contributed by atoms with Crippen LogP contribution in [0.15, 0.2) is 12.2 Å². The van der Waals surface area contributed by atoms with E-state index in [0.717, 1.165) is 5.92 Å². The first-order chi connectivity index (χ1) is 7.81. The molecule has 0 bridgehead atoms. The lowest BCUT2D eigenvalue weighted by Crippen LogP contribution is -1.93. The summed E-state index contributed by atoms with van der Waals surface area (Å²) in [5.41, 5.74) is 0. The number of rotatable bonds is 11. The molecule has 0 aromatic rings. The first-order valence-electron chi connectivity index (χ1n) is 7.46. The summed E-state index contributed by atoms with van der Waals surface area (Å²) < 4.78 is 0. The predicted octanol–water partition coefficient (Wildman–Crippen LogP) is 6.12. The number of hydrogen-bond donors (Lipinski definition) is 0. The van der Waals surface area contributed by atoms with Gasteiger partial charge in [-0.1, -0.05) is 77.9 Å². The van der Waals surface area contributed by atoms with Crippen LogP contribution in [0.25, 0.3) is 0 Å². The van der Waals surface area contributed by atoms with E-state index in [4.69, 9.17) is 0 Å². The minimum absolute atomic E-state index is 0.924. The van der Waals surface area contributed by atoms with Gasteiger partial charge in [-0.3, -0.25) is 0 Å². The maximum absolute atomic E-state index is 2.41. The lowest BCUT2D eigenvalue weighted by atomic mass is 9.97. The topological polar surface area (TPSA) is 0 Å². The SMILES string of the molecule is CCC/C=C/CCC(C)CCCCCCC. The second-order valence-corrected chi connectivity index (χ2v) is 5.15. The highest BCUT2D eigenvalue weighted by Crippen LogP contribution is 2.16. The largest absolute Gasteiger partial charge is 0.0885 e. The summed E-state index contributed by atoms with van der Waals surface area (Å²) in [5.74, 6) is 0.924. The third-order valence-corrected chi connectivity index (χ3v) is 3.25. The zero-order valence-corrected chi connectivity index (χ0v) is 11.8. The van der Waals surface area contributed by atoms with Crippen LogP contribution in [0, 0.1) is 5.92 Å². The molecule has 1 unspecified atom stereocenters. The monoisotopic (exact) mass is 224 g/mol. The summed E-state index contributed by atoms with van der Waals surface area (Å²) in [6.45, 7) is 6.93. The normalized spacial score (nSPS) is 13.4. The van der Waals surface area contributed by atoms with Crippen molar-refractivity contribution >= 4 is 0 Å². The van der Waals surface area contributed by atoms with Crippen molar-refractivity contribution in [3.05, 3.63) is 12.2 Å². The van der Waals surface area contributed by atoms with Gasteiger partial charge in [-0.25, -0.2) is 0 Å². The molecule has 0 spiro atoms. The Morgan fingerprint density at radius 2 is 1.44 bits per heavy atom.